The van der Waals surface area contributed by atoms with Crippen molar-refractivity contribution in [3.8, 4) is 17.1 Å². The van der Waals surface area contributed by atoms with E-state index in [0.29, 0.717) is 16.8 Å². The van der Waals surface area contributed by atoms with Crippen molar-refractivity contribution in [3.63, 3.8) is 0 Å². The lowest BCUT2D eigenvalue weighted by Crippen LogP contribution is -2.26. The Morgan fingerprint density at radius 2 is 1.89 bits per heavy atom. The van der Waals surface area contributed by atoms with Gasteiger partial charge in [-0.25, -0.2) is 4.98 Å². The average Bonchev–Trinajstić information content (AvgIpc) is 3.45. The van der Waals surface area contributed by atoms with Crippen LogP contribution in [0.15, 0.2) is 61.1 Å². The summed E-state index contributed by atoms with van der Waals surface area (Å²) in [5.41, 5.74) is 3.86. The molecule has 0 spiro atoms. The Bertz CT molecular complexity index is 1160. The fourth-order valence-electron chi connectivity index (χ4n) is 3.12. The molecule has 7 heteroatoms. The van der Waals surface area contributed by atoms with Crippen molar-refractivity contribution in [3.05, 3.63) is 71.8 Å². The molecule has 0 bridgehead atoms. The highest BCUT2D eigenvalue weighted by molar-refractivity contribution is 6.30. The summed E-state index contributed by atoms with van der Waals surface area (Å²) < 4.78 is 2.01. The third-order valence-electron chi connectivity index (χ3n) is 4.71. The van der Waals surface area contributed by atoms with E-state index in [1.165, 1.54) is 0 Å². The summed E-state index contributed by atoms with van der Waals surface area (Å²) in [4.78, 5) is 25.5. The minimum absolute atomic E-state index is 0.135. The number of rotatable bonds is 4. The van der Waals surface area contributed by atoms with Gasteiger partial charge in [-0.05, 0) is 55.3 Å². The molecule has 6 nitrogen and oxygen atoms in total. The number of benzene rings is 1. The fourth-order valence-corrected chi connectivity index (χ4v) is 3.24. The Morgan fingerprint density at radius 1 is 1.07 bits per heavy atom. The average molecular weight is 390 g/mol. The molecule has 1 N–H and O–H groups in total. The number of carbonyl (C=O) groups excluding carboxylic acids is 1. The van der Waals surface area contributed by atoms with Crippen LogP contribution in [0.5, 0.6) is 0 Å². The quantitative estimate of drug-likeness (QED) is 0.572. The summed E-state index contributed by atoms with van der Waals surface area (Å²) in [7, 11) is 0. The SMILES string of the molecule is O=C(NC1CC1)c1ccc(-c2nc3ccncc3n2-c2ccc(Cl)cc2)cn1. The molecule has 1 saturated carbocycles. The van der Waals surface area contributed by atoms with Gasteiger partial charge in [-0.2, -0.15) is 0 Å². The number of pyridine rings is 2. The minimum Gasteiger partial charge on any atom is -0.348 e. The molecule has 4 aromatic rings. The molecule has 0 unspecified atom stereocenters. The molecule has 0 saturated heterocycles. The molecule has 0 aliphatic heterocycles. The lowest BCUT2D eigenvalue weighted by molar-refractivity contribution is 0.0946. The summed E-state index contributed by atoms with van der Waals surface area (Å²) in [6, 6.07) is 13.3. The summed E-state index contributed by atoms with van der Waals surface area (Å²) in [6.45, 7) is 0. The van der Waals surface area contributed by atoms with Gasteiger partial charge < -0.3 is 5.32 Å². The Labute approximate surface area is 166 Å². The fraction of sp³-hybridized carbons (Fsp3) is 0.143. The molecule has 1 amide bonds. The van der Waals surface area contributed by atoms with E-state index in [0.717, 1.165) is 41.0 Å². The number of imidazole rings is 1. The largest absolute Gasteiger partial charge is 0.348 e. The molecular weight excluding hydrogens is 374 g/mol. The van der Waals surface area contributed by atoms with Crippen molar-refractivity contribution < 1.29 is 4.79 Å². The third-order valence-corrected chi connectivity index (χ3v) is 4.96. The van der Waals surface area contributed by atoms with E-state index in [1.807, 2.05) is 41.0 Å². The van der Waals surface area contributed by atoms with Crippen molar-refractivity contribution in [2.45, 2.75) is 18.9 Å². The van der Waals surface area contributed by atoms with Gasteiger partial charge in [0.1, 0.15) is 11.5 Å². The molecule has 1 aliphatic rings. The Kier molecular flexibility index (Phi) is 4.06. The van der Waals surface area contributed by atoms with Gasteiger partial charge in [0.15, 0.2) is 0 Å². The van der Waals surface area contributed by atoms with Crippen LogP contribution in [0, 0.1) is 0 Å². The van der Waals surface area contributed by atoms with Crippen LogP contribution in [0.25, 0.3) is 28.1 Å². The number of hydrogen-bond acceptors (Lipinski definition) is 4. The normalized spacial score (nSPS) is 13.6. The summed E-state index contributed by atoms with van der Waals surface area (Å²) in [5, 5.41) is 3.62. The van der Waals surface area contributed by atoms with Gasteiger partial charge in [-0.1, -0.05) is 11.6 Å². The third kappa shape index (κ3) is 3.12. The van der Waals surface area contributed by atoms with E-state index < -0.39 is 0 Å². The van der Waals surface area contributed by atoms with E-state index in [2.05, 4.69) is 15.3 Å². The second-order valence-corrected chi connectivity index (χ2v) is 7.23. The molecule has 1 fully saturated rings. The summed E-state index contributed by atoms with van der Waals surface area (Å²) in [5.74, 6) is 0.594. The van der Waals surface area contributed by atoms with E-state index in [4.69, 9.17) is 16.6 Å². The number of fused-ring (bicyclic) bond motifs is 1. The molecule has 5 rings (SSSR count). The molecule has 3 heterocycles. The van der Waals surface area contributed by atoms with Crippen molar-refractivity contribution in [2.75, 3.05) is 0 Å². The lowest BCUT2D eigenvalue weighted by atomic mass is 10.2. The highest BCUT2D eigenvalue weighted by Gasteiger charge is 2.24. The second-order valence-electron chi connectivity index (χ2n) is 6.79. The van der Waals surface area contributed by atoms with Gasteiger partial charge >= 0.3 is 0 Å². The molecule has 138 valence electrons. The predicted octanol–water partition coefficient (Wildman–Crippen LogP) is 4.03. The zero-order chi connectivity index (χ0) is 19.1. The van der Waals surface area contributed by atoms with Crippen LogP contribution < -0.4 is 5.32 Å². The van der Waals surface area contributed by atoms with Crippen LogP contribution >= 0.6 is 11.6 Å². The van der Waals surface area contributed by atoms with Crippen LogP contribution in [-0.2, 0) is 0 Å². The van der Waals surface area contributed by atoms with E-state index in [-0.39, 0.29) is 5.91 Å². The topological polar surface area (TPSA) is 72.7 Å². The van der Waals surface area contributed by atoms with Crippen molar-refractivity contribution in [2.24, 2.45) is 0 Å². The maximum atomic E-state index is 12.2. The van der Waals surface area contributed by atoms with Gasteiger partial charge in [0.2, 0.25) is 0 Å². The molecule has 28 heavy (non-hydrogen) atoms. The Balaban J connectivity index is 1.59. The number of amides is 1. The smallest absolute Gasteiger partial charge is 0.270 e. The van der Waals surface area contributed by atoms with Crippen LogP contribution in [0.4, 0.5) is 0 Å². The second kappa shape index (κ2) is 6.73. The number of hydrogen-bond donors (Lipinski definition) is 1. The molecule has 1 aromatic carbocycles. The molecule has 0 atom stereocenters. The zero-order valence-corrected chi connectivity index (χ0v) is 15.6. The van der Waals surface area contributed by atoms with Crippen LogP contribution in [0.2, 0.25) is 5.02 Å². The Hall–Kier alpha value is -3.25. The van der Waals surface area contributed by atoms with E-state index in [9.17, 15) is 4.79 Å². The van der Waals surface area contributed by atoms with Crippen LogP contribution in [0.3, 0.4) is 0 Å². The zero-order valence-electron chi connectivity index (χ0n) is 14.8. The maximum Gasteiger partial charge on any atom is 0.270 e. The van der Waals surface area contributed by atoms with Gasteiger partial charge in [0, 0.05) is 34.7 Å². The molecular formula is C21H16ClN5O. The summed E-state index contributed by atoms with van der Waals surface area (Å²) in [6.07, 6.45) is 7.27. The van der Waals surface area contributed by atoms with Gasteiger partial charge in [-0.3, -0.25) is 19.3 Å². The van der Waals surface area contributed by atoms with Crippen molar-refractivity contribution >= 4 is 28.5 Å². The van der Waals surface area contributed by atoms with E-state index >= 15 is 0 Å². The number of halogens is 1. The standard InChI is InChI=1S/C21H16ClN5O/c22-14-2-6-16(7-3-14)27-19-12-23-10-9-17(19)26-20(27)13-1-8-18(24-11-13)21(28)25-15-4-5-15/h1-3,6-12,15H,4-5H2,(H,25,28). The first-order chi connectivity index (χ1) is 13.7. The van der Waals surface area contributed by atoms with E-state index in [1.54, 1.807) is 24.7 Å². The highest BCUT2D eigenvalue weighted by Crippen LogP contribution is 2.28. The lowest BCUT2D eigenvalue weighted by Gasteiger charge is -2.10. The van der Waals surface area contributed by atoms with Crippen molar-refractivity contribution in [1.82, 2.24) is 24.8 Å². The monoisotopic (exact) mass is 389 g/mol. The van der Waals surface area contributed by atoms with Crippen molar-refractivity contribution in [1.29, 1.82) is 0 Å². The number of nitrogens with zero attached hydrogens (tertiary/aromatic N) is 4. The molecule has 3 aromatic heterocycles. The predicted molar refractivity (Wildman–Crippen MR) is 108 cm³/mol. The first-order valence-electron chi connectivity index (χ1n) is 9.05. The molecule has 0 radical (unpaired) electrons. The number of aromatic nitrogens is 4. The molecule has 1 aliphatic carbocycles. The number of carbonyl (C=O) groups is 1. The summed E-state index contributed by atoms with van der Waals surface area (Å²) >= 11 is 6.05. The van der Waals surface area contributed by atoms with Crippen LogP contribution in [0.1, 0.15) is 23.3 Å². The van der Waals surface area contributed by atoms with Gasteiger partial charge in [0.25, 0.3) is 5.91 Å². The first-order valence-corrected chi connectivity index (χ1v) is 9.42. The van der Waals surface area contributed by atoms with Gasteiger partial charge in [-0.15, -0.1) is 0 Å². The number of nitrogens with one attached hydrogen (secondary N) is 1. The van der Waals surface area contributed by atoms with Crippen LogP contribution in [-0.4, -0.2) is 31.5 Å². The minimum atomic E-state index is -0.135. The highest BCUT2D eigenvalue weighted by atomic mass is 35.5. The Morgan fingerprint density at radius 3 is 2.61 bits per heavy atom. The van der Waals surface area contributed by atoms with Gasteiger partial charge in [0.05, 0.1) is 17.2 Å². The first kappa shape index (κ1) is 16.9. The maximum absolute atomic E-state index is 12.2.